The molecule has 150 valence electrons. The fraction of sp³-hybridized carbons (Fsp3) is 0.333. The minimum atomic E-state index is -1.26. The summed E-state index contributed by atoms with van der Waals surface area (Å²) in [6.07, 6.45) is 5.98. The number of halogens is 1. The molecule has 0 spiro atoms. The van der Waals surface area contributed by atoms with Crippen molar-refractivity contribution in [2.24, 2.45) is 0 Å². The predicted molar refractivity (Wildman–Crippen MR) is 111 cm³/mol. The largest absolute Gasteiger partial charge is 0.480 e. The number of hydrogen-bond acceptors (Lipinski definition) is 6. The molecule has 7 nitrogen and oxygen atoms in total. The highest BCUT2D eigenvalue weighted by Crippen LogP contribution is 2.30. The molecule has 0 radical (unpaired) electrons. The van der Waals surface area contributed by atoms with E-state index in [4.69, 9.17) is 4.74 Å². The molecule has 0 aliphatic rings. The molecule has 1 N–H and O–H groups in total. The average Bonchev–Trinajstić information content (AvgIpc) is 3.20. The summed E-state index contributed by atoms with van der Waals surface area (Å²) >= 11 is 0. The van der Waals surface area contributed by atoms with Crippen LogP contribution in [0.4, 0.5) is 10.3 Å². The number of aromatic nitrogens is 5. The van der Waals surface area contributed by atoms with Crippen molar-refractivity contribution in [2.75, 3.05) is 19.0 Å². The Bertz CT molecular complexity index is 1150. The number of nitrogens with zero attached hydrogens (tertiary/aromatic N) is 5. The van der Waals surface area contributed by atoms with Crippen LogP contribution in [-0.2, 0) is 0 Å². The first-order valence-electron chi connectivity index (χ1n) is 9.63. The van der Waals surface area contributed by atoms with Gasteiger partial charge in [-0.3, -0.25) is 0 Å². The maximum atomic E-state index is 14.5. The Balaban J connectivity index is 1.67. The molecule has 0 saturated carbocycles. The Hall–Kier alpha value is -3.29. The lowest BCUT2D eigenvalue weighted by atomic mass is 10.00. The molecular formula is C21H23FN6O. The van der Waals surface area contributed by atoms with E-state index < -0.39 is 5.67 Å². The lowest BCUT2D eigenvalue weighted by Gasteiger charge is -2.22. The summed E-state index contributed by atoms with van der Waals surface area (Å²) in [5, 5.41) is 8.32. The minimum Gasteiger partial charge on any atom is -0.480 e. The molecule has 0 saturated heterocycles. The fourth-order valence-corrected chi connectivity index (χ4v) is 3.33. The number of fused-ring (bicyclic) bond motifs is 2. The van der Waals surface area contributed by atoms with Crippen molar-refractivity contribution in [3.05, 3.63) is 43.0 Å². The summed E-state index contributed by atoms with van der Waals surface area (Å²) in [5.74, 6) is 0.932. The van der Waals surface area contributed by atoms with Crippen LogP contribution < -0.4 is 10.1 Å². The maximum Gasteiger partial charge on any atom is 0.241 e. The number of benzene rings is 1. The quantitative estimate of drug-likeness (QED) is 0.504. The minimum absolute atomic E-state index is 0.185. The van der Waals surface area contributed by atoms with Crippen molar-refractivity contribution in [2.45, 2.75) is 32.4 Å². The van der Waals surface area contributed by atoms with Gasteiger partial charge in [0.15, 0.2) is 0 Å². The van der Waals surface area contributed by atoms with Gasteiger partial charge in [-0.1, -0.05) is 19.9 Å². The summed E-state index contributed by atoms with van der Waals surface area (Å²) in [6, 6.07) is 7.90. The Kier molecular flexibility index (Phi) is 5.00. The summed E-state index contributed by atoms with van der Waals surface area (Å²) in [7, 11) is 1.59. The van der Waals surface area contributed by atoms with Crippen molar-refractivity contribution < 1.29 is 9.13 Å². The molecule has 0 atom stereocenters. The molecule has 4 rings (SSSR count). The number of hydrogen-bond donors (Lipinski definition) is 1. The molecule has 0 aliphatic carbocycles. The second kappa shape index (κ2) is 7.62. The highest BCUT2D eigenvalue weighted by Gasteiger charge is 2.25. The van der Waals surface area contributed by atoms with Crippen LogP contribution in [0.1, 0.15) is 26.7 Å². The lowest BCUT2D eigenvalue weighted by Crippen LogP contribution is -2.31. The van der Waals surface area contributed by atoms with Gasteiger partial charge < -0.3 is 10.1 Å². The normalized spacial score (nSPS) is 11.9. The van der Waals surface area contributed by atoms with Crippen LogP contribution in [0, 0.1) is 0 Å². The molecule has 0 amide bonds. The molecule has 0 fully saturated rings. The van der Waals surface area contributed by atoms with Gasteiger partial charge in [0.05, 0.1) is 36.3 Å². The van der Waals surface area contributed by atoms with Crippen LogP contribution in [-0.4, -0.2) is 43.9 Å². The fourth-order valence-electron chi connectivity index (χ4n) is 3.33. The summed E-state index contributed by atoms with van der Waals surface area (Å²) in [6.45, 7) is 3.87. The molecule has 0 bridgehead atoms. The second-order valence-corrected chi connectivity index (χ2v) is 6.97. The molecule has 8 heteroatoms. The van der Waals surface area contributed by atoms with E-state index in [0.29, 0.717) is 24.7 Å². The standard InChI is InChI=1S/C21H23FN6O/c1-4-21(22,5-2)12-24-20-23-11-18-15(8-9-28(18)27-20)14-6-7-17-16(10-14)19(29-3)26-13-25-17/h6-11,13H,4-5,12H2,1-3H3,(H,24,27). The van der Waals surface area contributed by atoms with E-state index in [1.807, 2.05) is 44.3 Å². The van der Waals surface area contributed by atoms with Crippen molar-refractivity contribution >= 4 is 22.4 Å². The number of ether oxygens (including phenoxy) is 1. The van der Waals surface area contributed by atoms with Gasteiger partial charge in [0.1, 0.15) is 12.0 Å². The molecule has 1 aromatic carbocycles. The van der Waals surface area contributed by atoms with Crippen LogP contribution in [0.15, 0.2) is 43.0 Å². The van der Waals surface area contributed by atoms with Gasteiger partial charge in [0, 0.05) is 11.8 Å². The van der Waals surface area contributed by atoms with Crippen molar-refractivity contribution in [1.82, 2.24) is 24.6 Å². The van der Waals surface area contributed by atoms with E-state index in [2.05, 4.69) is 25.4 Å². The van der Waals surface area contributed by atoms with Gasteiger partial charge in [-0.2, -0.15) is 0 Å². The zero-order valence-electron chi connectivity index (χ0n) is 16.7. The number of anilines is 1. The number of rotatable bonds is 7. The monoisotopic (exact) mass is 394 g/mol. The Morgan fingerprint density at radius 2 is 1.97 bits per heavy atom. The Labute approximate surface area is 168 Å². The molecule has 4 aromatic rings. The molecular weight excluding hydrogens is 371 g/mol. The van der Waals surface area contributed by atoms with E-state index in [-0.39, 0.29) is 6.54 Å². The van der Waals surface area contributed by atoms with Crippen molar-refractivity contribution in [1.29, 1.82) is 0 Å². The molecule has 0 aliphatic heterocycles. The van der Waals surface area contributed by atoms with Gasteiger partial charge in [-0.25, -0.2) is 23.9 Å². The highest BCUT2D eigenvalue weighted by atomic mass is 19.1. The van der Waals surface area contributed by atoms with E-state index in [0.717, 1.165) is 27.5 Å². The van der Waals surface area contributed by atoms with Gasteiger partial charge in [0.2, 0.25) is 11.8 Å². The average molecular weight is 394 g/mol. The van der Waals surface area contributed by atoms with Gasteiger partial charge in [0.25, 0.3) is 0 Å². The third-order valence-electron chi connectivity index (χ3n) is 5.35. The highest BCUT2D eigenvalue weighted by molar-refractivity contribution is 5.91. The molecule has 0 unspecified atom stereocenters. The molecule has 3 heterocycles. The topological polar surface area (TPSA) is 77.2 Å². The summed E-state index contributed by atoms with van der Waals surface area (Å²) in [5.41, 5.74) is 2.37. The first-order valence-corrected chi connectivity index (χ1v) is 9.63. The third-order valence-corrected chi connectivity index (χ3v) is 5.35. The SMILES string of the molecule is CCC(F)(CC)CNc1ncc2c(-c3ccc4ncnc(OC)c4c3)ccn2n1. The number of nitrogens with one attached hydrogen (secondary N) is 1. The number of alkyl halides is 1. The van der Waals surface area contributed by atoms with Crippen LogP contribution >= 0.6 is 0 Å². The van der Waals surface area contributed by atoms with Crippen molar-refractivity contribution in [3.8, 4) is 17.0 Å². The van der Waals surface area contributed by atoms with Gasteiger partial charge in [-0.05, 0) is 36.6 Å². The Morgan fingerprint density at radius 3 is 2.72 bits per heavy atom. The first kappa shape index (κ1) is 19.0. The van der Waals surface area contributed by atoms with Crippen LogP contribution in [0.3, 0.4) is 0 Å². The second-order valence-electron chi connectivity index (χ2n) is 6.97. The van der Waals surface area contributed by atoms with Crippen molar-refractivity contribution in [3.63, 3.8) is 0 Å². The van der Waals surface area contributed by atoms with E-state index >= 15 is 0 Å². The maximum absolute atomic E-state index is 14.5. The van der Waals surface area contributed by atoms with Crippen LogP contribution in [0.2, 0.25) is 0 Å². The first-order chi connectivity index (χ1) is 14.1. The van der Waals surface area contributed by atoms with E-state index in [1.54, 1.807) is 17.8 Å². The third kappa shape index (κ3) is 3.57. The van der Waals surface area contributed by atoms with Crippen LogP contribution in [0.25, 0.3) is 27.5 Å². The van der Waals surface area contributed by atoms with Crippen LogP contribution in [0.5, 0.6) is 5.88 Å². The van der Waals surface area contributed by atoms with E-state index in [9.17, 15) is 4.39 Å². The lowest BCUT2D eigenvalue weighted by molar-refractivity contribution is 0.167. The zero-order chi connectivity index (χ0) is 20.4. The number of methoxy groups -OCH3 is 1. The van der Waals surface area contributed by atoms with Gasteiger partial charge in [-0.15, -0.1) is 5.10 Å². The molecule has 29 heavy (non-hydrogen) atoms. The zero-order valence-corrected chi connectivity index (χ0v) is 16.7. The van der Waals surface area contributed by atoms with E-state index in [1.165, 1.54) is 6.33 Å². The Morgan fingerprint density at radius 1 is 1.14 bits per heavy atom. The molecule has 3 aromatic heterocycles. The smallest absolute Gasteiger partial charge is 0.241 e. The summed E-state index contributed by atoms with van der Waals surface area (Å²) < 4.78 is 21.6. The van der Waals surface area contributed by atoms with Gasteiger partial charge >= 0.3 is 0 Å². The predicted octanol–water partition coefficient (Wildman–Crippen LogP) is 4.29. The summed E-state index contributed by atoms with van der Waals surface area (Å²) in [4.78, 5) is 12.8.